The van der Waals surface area contributed by atoms with E-state index in [1.807, 2.05) is 37.3 Å². The molecular weight excluding hydrogens is 638 g/mol. The summed E-state index contributed by atoms with van der Waals surface area (Å²) in [5, 5.41) is 21.3. The largest absolute Gasteiger partial charge is 0.480 e. The zero-order valence-corrected chi connectivity index (χ0v) is 27.6. The molecule has 0 saturated carbocycles. The summed E-state index contributed by atoms with van der Waals surface area (Å²) < 4.78 is 0. The molecule has 1 fully saturated rings. The van der Waals surface area contributed by atoms with Crippen molar-refractivity contribution in [3.05, 3.63) is 54.1 Å². The highest BCUT2D eigenvalue weighted by molar-refractivity contribution is 5.95. The normalized spacial score (nSPS) is 16.4. The number of aromatic amines is 1. The summed E-state index contributed by atoms with van der Waals surface area (Å²) in [6, 6.07) is 5.28. The number of carboxylic acids is 1. The van der Waals surface area contributed by atoms with E-state index < -0.39 is 85.2 Å². The van der Waals surface area contributed by atoms with Crippen molar-refractivity contribution in [3.63, 3.8) is 0 Å². The molecule has 0 bridgehead atoms. The number of nitrogens with two attached hydrogens (primary N) is 1. The van der Waals surface area contributed by atoms with Gasteiger partial charge in [-0.1, -0.05) is 50.6 Å². The van der Waals surface area contributed by atoms with Crippen molar-refractivity contribution in [1.29, 1.82) is 0 Å². The lowest BCUT2D eigenvalue weighted by Gasteiger charge is -2.27. The lowest BCUT2D eigenvalue weighted by molar-refractivity contribution is -0.141. The average Bonchev–Trinajstić information content (AvgIpc) is 3.80. The summed E-state index contributed by atoms with van der Waals surface area (Å²) >= 11 is 0. The van der Waals surface area contributed by atoms with Gasteiger partial charge in [0.1, 0.15) is 24.7 Å². The minimum absolute atomic E-state index is 0.00728. The minimum atomic E-state index is -1.22. The van der Waals surface area contributed by atoms with Crippen LogP contribution in [0.15, 0.2) is 42.9 Å². The van der Waals surface area contributed by atoms with Crippen molar-refractivity contribution in [1.82, 2.24) is 41.5 Å². The Morgan fingerprint density at radius 2 is 1.69 bits per heavy atom. The van der Waals surface area contributed by atoms with Gasteiger partial charge in [0.15, 0.2) is 0 Å². The summed E-state index contributed by atoms with van der Waals surface area (Å²) in [5.41, 5.74) is 7.54. The molecule has 0 aliphatic carbocycles. The van der Waals surface area contributed by atoms with Crippen LogP contribution < -0.4 is 32.3 Å². The number of carbonyl (C=O) groups excluding carboxylic acids is 6. The SMILES string of the molecule is CC[C@H](C)[C@H](NC(=O)[C@@H](N)Cc1ccccc1)C(=O)N[C@@H](Cc1cnc[nH]1)C(=O)NCC(=O)NCC(=O)N1CCC[C@H]1C(=O)NCC(=O)O. The molecule has 0 radical (unpaired) electrons. The lowest BCUT2D eigenvalue weighted by atomic mass is 9.96. The topological polar surface area (TPSA) is 258 Å². The summed E-state index contributed by atoms with van der Waals surface area (Å²) in [4.78, 5) is 96.3. The molecule has 5 atom stereocenters. The first-order chi connectivity index (χ1) is 23.4. The van der Waals surface area contributed by atoms with Crippen molar-refractivity contribution in [2.24, 2.45) is 11.7 Å². The third-order valence-electron chi connectivity index (χ3n) is 8.19. The Morgan fingerprint density at radius 1 is 0.959 bits per heavy atom. The number of amides is 6. The zero-order valence-electron chi connectivity index (χ0n) is 27.6. The Labute approximate surface area is 283 Å². The van der Waals surface area contributed by atoms with Gasteiger partial charge in [0.2, 0.25) is 35.4 Å². The fraction of sp³-hybridized carbons (Fsp3) is 0.500. The van der Waals surface area contributed by atoms with Crippen molar-refractivity contribution in [3.8, 4) is 0 Å². The maximum absolute atomic E-state index is 13.5. The number of imidazole rings is 1. The Bertz CT molecular complexity index is 1450. The molecule has 1 saturated heterocycles. The van der Waals surface area contributed by atoms with E-state index >= 15 is 0 Å². The second-order valence-electron chi connectivity index (χ2n) is 11.9. The maximum atomic E-state index is 13.5. The average molecular weight is 684 g/mol. The first-order valence-corrected chi connectivity index (χ1v) is 16.1. The van der Waals surface area contributed by atoms with Crippen LogP contribution in [0.1, 0.15) is 44.4 Å². The van der Waals surface area contributed by atoms with E-state index in [9.17, 15) is 33.6 Å². The van der Waals surface area contributed by atoms with Crippen LogP contribution in [0.3, 0.4) is 0 Å². The van der Waals surface area contributed by atoms with Gasteiger partial charge >= 0.3 is 5.97 Å². The molecule has 1 aromatic carbocycles. The van der Waals surface area contributed by atoms with E-state index in [4.69, 9.17) is 10.8 Å². The second kappa shape index (κ2) is 18.9. The summed E-state index contributed by atoms with van der Waals surface area (Å²) in [5.74, 6) is -5.20. The van der Waals surface area contributed by atoms with Crippen LogP contribution in [0.5, 0.6) is 0 Å². The van der Waals surface area contributed by atoms with Crippen molar-refractivity contribution >= 4 is 41.4 Å². The van der Waals surface area contributed by atoms with E-state index in [1.165, 1.54) is 17.4 Å². The quantitative estimate of drug-likeness (QED) is 0.0854. The van der Waals surface area contributed by atoms with Crippen LogP contribution in [0, 0.1) is 5.92 Å². The first-order valence-electron chi connectivity index (χ1n) is 16.1. The van der Waals surface area contributed by atoms with Gasteiger partial charge < -0.3 is 47.3 Å². The Kier molecular flexibility index (Phi) is 14.7. The molecule has 266 valence electrons. The number of carbonyl (C=O) groups is 7. The molecule has 2 aromatic rings. The molecular formula is C32H45N9O8. The monoisotopic (exact) mass is 683 g/mol. The van der Waals surface area contributed by atoms with E-state index in [-0.39, 0.29) is 25.3 Å². The maximum Gasteiger partial charge on any atom is 0.322 e. The van der Waals surface area contributed by atoms with Crippen molar-refractivity contribution in [2.75, 3.05) is 26.2 Å². The Hall–Kier alpha value is -5.32. The second-order valence-corrected chi connectivity index (χ2v) is 11.9. The Balaban J connectivity index is 1.58. The van der Waals surface area contributed by atoms with Crippen LogP contribution in [0.25, 0.3) is 0 Å². The van der Waals surface area contributed by atoms with E-state index in [2.05, 4.69) is 36.6 Å². The van der Waals surface area contributed by atoms with Crippen LogP contribution in [0.4, 0.5) is 0 Å². The lowest BCUT2D eigenvalue weighted by Crippen LogP contribution is -2.58. The highest BCUT2D eigenvalue weighted by Crippen LogP contribution is 2.17. The number of aromatic nitrogens is 2. The van der Waals surface area contributed by atoms with Crippen LogP contribution in [0.2, 0.25) is 0 Å². The summed E-state index contributed by atoms with van der Waals surface area (Å²) in [7, 11) is 0. The summed E-state index contributed by atoms with van der Waals surface area (Å²) in [6.45, 7) is 2.36. The van der Waals surface area contributed by atoms with Crippen LogP contribution in [-0.4, -0.2) is 112 Å². The number of likely N-dealkylation sites (tertiary alicyclic amines) is 1. The molecule has 1 aromatic heterocycles. The predicted octanol–water partition coefficient (Wildman–Crippen LogP) is -2.04. The molecule has 3 rings (SSSR count). The number of hydrogen-bond acceptors (Lipinski definition) is 9. The number of nitrogens with one attached hydrogen (secondary N) is 6. The highest BCUT2D eigenvalue weighted by Gasteiger charge is 2.34. The van der Waals surface area contributed by atoms with Crippen molar-refractivity contribution < 1.29 is 38.7 Å². The highest BCUT2D eigenvalue weighted by atomic mass is 16.4. The van der Waals surface area contributed by atoms with Crippen LogP contribution in [-0.2, 0) is 46.4 Å². The van der Waals surface area contributed by atoms with Gasteiger partial charge in [-0.05, 0) is 30.7 Å². The van der Waals surface area contributed by atoms with Gasteiger partial charge in [-0.15, -0.1) is 0 Å². The van der Waals surface area contributed by atoms with Crippen LogP contribution >= 0.6 is 0 Å². The molecule has 0 spiro atoms. The number of carboxylic acid groups (broad SMARTS) is 1. The fourth-order valence-electron chi connectivity index (χ4n) is 5.26. The van der Waals surface area contributed by atoms with Gasteiger partial charge in [-0.25, -0.2) is 4.98 Å². The molecule has 6 amide bonds. The number of rotatable bonds is 18. The number of benzene rings is 1. The molecule has 17 heteroatoms. The van der Waals surface area contributed by atoms with Crippen molar-refractivity contribution in [2.45, 2.75) is 70.1 Å². The van der Waals surface area contributed by atoms with Gasteiger partial charge in [0, 0.05) is 24.9 Å². The van der Waals surface area contributed by atoms with Gasteiger partial charge in [-0.2, -0.15) is 0 Å². The van der Waals surface area contributed by atoms with Gasteiger partial charge in [0.05, 0.1) is 25.5 Å². The van der Waals surface area contributed by atoms with E-state index in [1.54, 1.807) is 6.92 Å². The van der Waals surface area contributed by atoms with Gasteiger partial charge in [0.25, 0.3) is 0 Å². The third kappa shape index (κ3) is 12.0. The molecule has 1 aliphatic rings. The number of aliphatic carboxylic acids is 1. The smallest absolute Gasteiger partial charge is 0.322 e. The van der Waals surface area contributed by atoms with E-state index in [0.717, 1.165) is 5.56 Å². The molecule has 2 heterocycles. The summed E-state index contributed by atoms with van der Waals surface area (Å²) in [6.07, 6.45) is 4.57. The van der Waals surface area contributed by atoms with Gasteiger partial charge in [-0.3, -0.25) is 33.6 Å². The third-order valence-corrected chi connectivity index (χ3v) is 8.19. The standard InChI is InChI=1S/C32H45N9O8/c1-3-19(2)28(40-29(46)22(33)12-20-8-5-4-6-9-20)32(49)39-23(13-21-14-34-18-38-21)30(47)36-15-25(42)35-16-26(43)41-11-7-10-24(41)31(48)37-17-27(44)45/h4-6,8-9,14,18-19,22-24,28H,3,7,10-13,15-17,33H2,1-2H3,(H,34,38)(H,35,42)(H,36,47)(H,37,48)(H,39,49)(H,40,46)(H,44,45)/t19-,22-,23-,24-,28-/m0/s1. The van der Waals surface area contributed by atoms with E-state index in [0.29, 0.717) is 25.0 Å². The zero-order chi connectivity index (χ0) is 35.9. The number of nitrogens with zero attached hydrogens (tertiary/aromatic N) is 2. The molecule has 49 heavy (non-hydrogen) atoms. The number of H-pyrrole nitrogens is 1. The molecule has 0 unspecified atom stereocenters. The first kappa shape index (κ1) is 38.1. The fourth-order valence-corrected chi connectivity index (χ4v) is 5.26. The number of hydrogen-bond donors (Lipinski definition) is 8. The molecule has 17 nitrogen and oxygen atoms in total. The minimum Gasteiger partial charge on any atom is -0.480 e. The Morgan fingerprint density at radius 3 is 2.35 bits per heavy atom. The molecule has 1 aliphatic heterocycles. The molecule has 9 N–H and O–H groups in total. The predicted molar refractivity (Wildman–Crippen MR) is 175 cm³/mol.